The van der Waals surface area contributed by atoms with Crippen LogP contribution >= 0.6 is 11.8 Å². The largest absolute Gasteiger partial charge is 0.433 e. The predicted octanol–water partition coefficient (Wildman–Crippen LogP) is 3.51. The van der Waals surface area contributed by atoms with Crippen molar-refractivity contribution in [3.05, 3.63) is 11.8 Å². The minimum atomic E-state index is -4.48. The van der Waals surface area contributed by atoms with Crippen molar-refractivity contribution in [2.75, 3.05) is 35.8 Å². The standard InChI is InChI=1S/C13H21F3N4S/c1-5-9(8-21-4)20(3)11-7-10(13(14,15)16)18-12(19-11)17-6-2/h7,9H,5-6,8H2,1-4H3,(H,17,18,19). The van der Waals surface area contributed by atoms with Crippen molar-refractivity contribution in [1.29, 1.82) is 0 Å². The van der Waals surface area contributed by atoms with Gasteiger partial charge in [0.05, 0.1) is 0 Å². The zero-order valence-electron chi connectivity index (χ0n) is 12.7. The highest BCUT2D eigenvalue weighted by Gasteiger charge is 2.34. The van der Waals surface area contributed by atoms with E-state index in [9.17, 15) is 13.2 Å². The molecule has 0 amide bonds. The first-order valence-corrected chi connectivity index (χ1v) is 8.14. The van der Waals surface area contributed by atoms with Crippen LogP contribution < -0.4 is 10.2 Å². The van der Waals surface area contributed by atoms with Gasteiger partial charge in [-0.05, 0) is 19.6 Å². The molecule has 120 valence electrons. The summed E-state index contributed by atoms with van der Waals surface area (Å²) < 4.78 is 38.8. The number of aromatic nitrogens is 2. The Kier molecular flexibility index (Phi) is 6.57. The van der Waals surface area contributed by atoms with Crippen LogP contribution in [0.2, 0.25) is 0 Å². The normalized spacial score (nSPS) is 13.1. The van der Waals surface area contributed by atoms with Gasteiger partial charge in [0.2, 0.25) is 5.95 Å². The molecule has 0 saturated heterocycles. The quantitative estimate of drug-likeness (QED) is 0.832. The second-order valence-electron chi connectivity index (χ2n) is 4.59. The summed E-state index contributed by atoms with van der Waals surface area (Å²) in [6.45, 7) is 4.26. The maximum Gasteiger partial charge on any atom is 0.433 e. The molecule has 1 aromatic rings. The van der Waals surface area contributed by atoms with Gasteiger partial charge in [0, 0.05) is 31.5 Å². The molecule has 0 aromatic carbocycles. The molecule has 1 N–H and O–H groups in total. The van der Waals surface area contributed by atoms with Gasteiger partial charge in [-0.1, -0.05) is 6.92 Å². The molecule has 21 heavy (non-hydrogen) atoms. The summed E-state index contributed by atoms with van der Waals surface area (Å²) in [6.07, 6.45) is -1.68. The smallest absolute Gasteiger partial charge is 0.356 e. The van der Waals surface area contributed by atoms with Crippen molar-refractivity contribution in [3.8, 4) is 0 Å². The van der Waals surface area contributed by atoms with Crippen molar-refractivity contribution in [3.63, 3.8) is 0 Å². The summed E-state index contributed by atoms with van der Waals surface area (Å²) in [5.41, 5.74) is -0.922. The van der Waals surface area contributed by atoms with E-state index in [-0.39, 0.29) is 17.8 Å². The molecular formula is C13H21F3N4S. The van der Waals surface area contributed by atoms with Crippen LogP contribution in [0, 0.1) is 0 Å². The Morgan fingerprint density at radius 2 is 2.00 bits per heavy atom. The molecule has 8 heteroatoms. The Bertz CT molecular complexity index is 454. The zero-order valence-corrected chi connectivity index (χ0v) is 13.5. The topological polar surface area (TPSA) is 41.1 Å². The van der Waals surface area contributed by atoms with Crippen molar-refractivity contribution in [1.82, 2.24) is 9.97 Å². The van der Waals surface area contributed by atoms with Crippen molar-refractivity contribution in [2.24, 2.45) is 0 Å². The first kappa shape index (κ1) is 17.9. The van der Waals surface area contributed by atoms with Crippen LogP contribution in [0.1, 0.15) is 26.0 Å². The number of hydrogen-bond donors (Lipinski definition) is 1. The van der Waals surface area contributed by atoms with Gasteiger partial charge in [-0.2, -0.15) is 29.9 Å². The van der Waals surface area contributed by atoms with E-state index in [1.165, 1.54) is 0 Å². The number of nitrogens with one attached hydrogen (secondary N) is 1. The molecule has 0 fully saturated rings. The maximum atomic E-state index is 12.9. The van der Waals surface area contributed by atoms with Gasteiger partial charge >= 0.3 is 6.18 Å². The molecular weight excluding hydrogens is 301 g/mol. The first-order valence-electron chi connectivity index (χ1n) is 6.75. The second-order valence-corrected chi connectivity index (χ2v) is 5.50. The summed E-state index contributed by atoms with van der Waals surface area (Å²) in [4.78, 5) is 9.50. The number of rotatable bonds is 7. The van der Waals surface area contributed by atoms with Gasteiger partial charge < -0.3 is 10.2 Å². The average molecular weight is 322 g/mol. The Hall–Kier alpha value is -1.18. The molecule has 0 aliphatic carbocycles. The predicted molar refractivity (Wildman–Crippen MR) is 82.1 cm³/mol. The fourth-order valence-electron chi connectivity index (χ4n) is 1.88. The maximum absolute atomic E-state index is 12.9. The van der Waals surface area contributed by atoms with E-state index >= 15 is 0 Å². The molecule has 0 aliphatic rings. The lowest BCUT2D eigenvalue weighted by atomic mass is 10.2. The number of thioether (sulfide) groups is 1. The summed E-state index contributed by atoms with van der Waals surface area (Å²) in [7, 11) is 1.77. The van der Waals surface area contributed by atoms with Gasteiger partial charge in [-0.25, -0.2) is 4.98 Å². The summed E-state index contributed by atoms with van der Waals surface area (Å²) >= 11 is 1.66. The van der Waals surface area contributed by atoms with Gasteiger partial charge in [0.1, 0.15) is 5.82 Å². The van der Waals surface area contributed by atoms with E-state index in [2.05, 4.69) is 15.3 Å². The molecule has 1 rings (SSSR count). The SMILES string of the molecule is CCNc1nc(N(C)C(CC)CSC)cc(C(F)(F)F)n1. The summed E-state index contributed by atoms with van der Waals surface area (Å²) in [6, 6.07) is 1.13. The summed E-state index contributed by atoms with van der Waals surface area (Å²) in [5.74, 6) is 1.12. The van der Waals surface area contributed by atoms with E-state index in [0.717, 1.165) is 18.2 Å². The third-order valence-corrected chi connectivity index (χ3v) is 3.80. The molecule has 0 aliphatic heterocycles. The molecule has 1 atom stereocenters. The van der Waals surface area contributed by atoms with Gasteiger partial charge in [0.25, 0.3) is 0 Å². The number of halogens is 3. The minimum Gasteiger partial charge on any atom is -0.356 e. The number of hydrogen-bond acceptors (Lipinski definition) is 5. The van der Waals surface area contributed by atoms with E-state index in [4.69, 9.17) is 0 Å². The average Bonchev–Trinajstić information content (AvgIpc) is 2.43. The third kappa shape index (κ3) is 4.94. The molecule has 1 heterocycles. The molecule has 1 aromatic heterocycles. The monoisotopic (exact) mass is 322 g/mol. The molecule has 4 nitrogen and oxygen atoms in total. The fourth-order valence-corrected chi connectivity index (χ4v) is 2.72. The Balaban J connectivity index is 3.17. The molecule has 1 unspecified atom stereocenters. The van der Waals surface area contributed by atoms with Crippen LogP contribution in [0.15, 0.2) is 6.07 Å². The van der Waals surface area contributed by atoms with Crippen molar-refractivity contribution >= 4 is 23.5 Å². The molecule has 0 spiro atoms. The Labute approximate surface area is 127 Å². The minimum absolute atomic E-state index is 0.00757. The van der Waals surface area contributed by atoms with E-state index < -0.39 is 11.9 Å². The zero-order chi connectivity index (χ0) is 16.0. The first-order chi connectivity index (χ1) is 9.83. The lowest BCUT2D eigenvalue weighted by Gasteiger charge is -2.28. The Morgan fingerprint density at radius 1 is 1.33 bits per heavy atom. The second kappa shape index (κ2) is 7.72. The van der Waals surface area contributed by atoms with Gasteiger partial charge in [-0.15, -0.1) is 0 Å². The van der Waals surface area contributed by atoms with Crippen molar-refractivity contribution < 1.29 is 13.2 Å². The Morgan fingerprint density at radius 3 is 2.48 bits per heavy atom. The van der Waals surface area contributed by atoms with Gasteiger partial charge in [-0.3, -0.25) is 0 Å². The van der Waals surface area contributed by atoms with Crippen LogP contribution in [0.5, 0.6) is 0 Å². The van der Waals surface area contributed by atoms with Crippen molar-refractivity contribution in [2.45, 2.75) is 32.5 Å². The van der Waals surface area contributed by atoms with Crippen LogP contribution in [-0.2, 0) is 6.18 Å². The van der Waals surface area contributed by atoms with Crippen LogP contribution in [0.4, 0.5) is 24.9 Å². The van der Waals surface area contributed by atoms with E-state index in [1.54, 1.807) is 30.6 Å². The summed E-state index contributed by atoms with van der Waals surface area (Å²) in [5, 5.41) is 2.75. The van der Waals surface area contributed by atoms with E-state index in [1.807, 2.05) is 13.2 Å². The van der Waals surface area contributed by atoms with E-state index in [0.29, 0.717) is 6.54 Å². The van der Waals surface area contributed by atoms with Gasteiger partial charge in [0.15, 0.2) is 5.69 Å². The molecule has 0 saturated carbocycles. The highest BCUT2D eigenvalue weighted by Crippen LogP contribution is 2.31. The lowest BCUT2D eigenvalue weighted by molar-refractivity contribution is -0.141. The third-order valence-electron chi connectivity index (χ3n) is 3.08. The lowest BCUT2D eigenvalue weighted by Crippen LogP contribution is -2.34. The van der Waals surface area contributed by atoms with Crippen LogP contribution in [0.3, 0.4) is 0 Å². The number of alkyl halides is 3. The highest BCUT2D eigenvalue weighted by atomic mass is 32.2. The number of anilines is 2. The number of nitrogens with zero attached hydrogens (tertiary/aromatic N) is 3. The van der Waals surface area contributed by atoms with Crippen LogP contribution in [-0.4, -0.2) is 41.6 Å². The fraction of sp³-hybridized carbons (Fsp3) is 0.692. The van der Waals surface area contributed by atoms with Crippen LogP contribution in [0.25, 0.3) is 0 Å². The molecule has 0 radical (unpaired) electrons. The molecule has 0 bridgehead atoms. The highest BCUT2D eigenvalue weighted by molar-refractivity contribution is 7.98.